The van der Waals surface area contributed by atoms with E-state index < -0.39 is 48.8 Å². The third kappa shape index (κ3) is 8.97. The van der Waals surface area contributed by atoms with Crippen molar-refractivity contribution < 1.29 is 47.2 Å². The Kier molecular flexibility index (Phi) is 10.5. The Labute approximate surface area is 278 Å². The number of aliphatic hydroxyl groups excluding tert-OH is 1. The maximum absolute atomic E-state index is 13.5. The number of nitrogens with one attached hydrogen (secondary N) is 1. The Bertz CT molecular complexity index is 1970. The molecule has 252 valence electrons. The number of ether oxygens (including phenoxy) is 2. The molecule has 5 rings (SSSR count). The SMILES string of the molecule is COc1ccc(CC(=O)Nc2ccc(C(O)N(CC(=O)O)Cc3ccc(OC(=O)c4ccc5cnccc5c4)cc3)cc2)c(C(F)(F)F)c1. The van der Waals surface area contributed by atoms with Crippen molar-refractivity contribution in [1.29, 1.82) is 0 Å². The summed E-state index contributed by atoms with van der Waals surface area (Å²) < 4.78 is 51.0. The van der Waals surface area contributed by atoms with Crippen LogP contribution >= 0.6 is 0 Å². The molecule has 3 N–H and O–H groups in total. The van der Waals surface area contributed by atoms with E-state index in [2.05, 4.69) is 10.3 Å². The molecular formula is C36H30F3N3O7. The lowest BCUT2D eigenvalue weighted by molar-refractivity contribution is -0.142. The number of carbonyl (C=O) groups excluding carboxylic acids is 2. The minimum Gasteiger partial charge on any atom is -0.497 e. The zero-order chi connectivity index (χ0) is 35.1. The number of hydrogen-bond acceptors (Lipinski definition) is 8. The third-order valence-corrected chi connectivity index (χ3v) is 7.55. The number of methoxy groups -OCH3 is 1. The molecule has 1 heterocycles. The number of halogens is 3. The summed E-state index contributed by atoms with van der Waals surface area (Å²) in [6, 6.07) is 22.5. The van der Waals surface area contributed by atoms with Crippen molar-refractivity contribution in [2.75, 3.05) is 19.0 Å². The number of anilines is 1. The van der Waals surface area contributed by atoms with Crippen molar-refractivity contribution in [2.45, 2.75) is 25.4 Å². The van der Waals surface area contributed by atoms with Crippen LogP contribution in [0.1, 0.15) is 38.8 Å². The van der Waals surface area contributed by atoms with Gasteiger partial charge in [-0.25, -0.2) is 4.79 Å². The molecule has 10 nitrogen and oxygen atoms in total. The van der Waals surface area contributed by atoms with Gasteiger partial charge >= 0.3 is 18.1 Å². The maximum Gasteiger partial charge on any atom is 0.416 e. The highest BCUT2D eigenvalue weighted by molar-refractivity contribution is 5.96. The zero-order valence-electron chi connectivity index (χ0n) is 26.0. The molecule has 1 amide bonds. The first kappa shape index (κ1) is 34.5. The van der Waals surface area contributed by atoms with E-state index in [4.69, 9.17) is 9.47 Å². The van der Waals surface area contributed by atoms with Crippen molar-refractivity contribution in [3.8, 4) is 11.5 Å². The van der Waals surface area contributed by atoms with Gasteiger partial charge < -0.3 is 25.0 Å². The van der Waals surface area contributed by atoms with Crippen LogP contribution in [-0.4, -0.2) is 51.6 Å². The molecule has 5 aromatic rings. The van der Waals surface area contributed by atoms with E-state index >= 15 is 0 Å². The smallest absolute Gasteiger partial charge is 0.416 e. The lowest BCUT2D eigenvalue weighted by Crippen LogP contribution is -2.33. The fraction of sp³-hybridized carbons (Fsp3) is 0.167. The largest absolute Gasteiger partial charge is 0.497 e. The predicted molar refractivity (Wildman–Crippen MR) is 173 cm³/mol. The Morgan fingerprint density at radius 2 is 1.61 bits per heavy atom. The Hall–Kier alpha value is -5.79. The number of benzene rings is 4. The van der Waals surface area contributed by atoms with E-state index in [0.717, 1.165) is 16.8 Å². The molecule has 0 aliphatic rings. The van der Waals surface area contributed by atoms with Crippen LogP contribution in [0.3, 0.4) is 0 Å². The molecule has 0 saturated carbocycles. The molecule has 4 aromatic carbocycles. The van der Waals surface area contributed by atoms with Crippen LogP contribution in [-0.2, 0) is 28.7 Å². The summed E-state index contributed by atoms with van der Waals surface area (Å²) in [7, 11) is 1.24. The van der Waals surface area contributed by atoms with E-state index in [1.807, 2.05) is 0 Å². The molecule has 13 heteroatoms. The van der Waals surface area contributed by atoms with Gasteiger partial charge in [0.1, 0.15) is 17.7 Å². The maximum atomic E-state index is 13.5. The van der Waals surface area contributed by atoms with Gasteiger partial charge in [0.25, 0.3) is 0 Å². The second-order valence-corrected chi connectivity index (χ2v) is 11.0. The minimum absolute atomic E-state index is 0.0105. The van der Waals surface area contributed by atoms with Gasteiger partial charge in [-0.15, -0.1) is 0 Å². The topological polar surface area (TPSA) is 138 Å². The van der Waals surface area contributed by atoms with E-state index in [-0.39, 0.29) is 29.3 Å². The van der Waals surface area contributed by atoms with Crippen LogP contribution in [0.4, 0.5) is 18.9 Å². The fourth-order valence-electron chi connectivity index (χ4n) is 5.10. The van der Waals surface area contributed by atoms with Crippen molar-refractivity contribution in [3.63, 3.8) is 0 Å². The summed E-state index contributed by atoms with van der Waals surface area (Å²) >= 11 is 0. The average Bonchev–Trinajstić information content (AvgIpc) is 3.08. The second-order valence-electron chi connectivity index (χ2n) is 11.0. The molecule has 0 spiro atoms. The van der Waals surface area contributed by atoms with Gasteiger partial charge in [-0.05, 0) is 76.7 Å². The first-order valence-electron chi connectivity index (χ1n) is 14.8. The molecule has 1 atom stereocenters. The van der Waals surface area contributed by atoms with Gasteiger partial charge in [-0.3, -0.25) is 19.5 Å². The lowest BCUT2D eigenvalue weighted by Gasteiger charge is -2.27. The zero-order valence-corrected chi connectivity index (χ0v) is 26.0. The van der Waals surface area contributed by atoms with Crippen LogP contribution in [0, 0.1) is 0 Å². The van der Waals surface area contributed by atoms with Crippen molar-refractivity contribution in [2.24, 2.45) is 0 Å². The molecule has 1 unspecified atom stereocenters. The minimum atomic E-state index is -4.69. The van der Waals surface area contributed by atoms with Gasteiger partial charge in [0.05, 0.1) is 31.2 Å². The van der Waals surface area contributed by atoms with Gasteiger partial charge in [-0.2, -0.15) is 13.2 Å². The van der Waals surface area contributed by atoms with Crippen molar-refractivity contribution in [1.82, 2.24) is 9.88 Å². The van der Waals surface area contributed by atoms with Crippen LogP contribution < -0.4 is 14.8 Å². The van der Waals surface area contributed by atoms with E-state index in [9.17, 15) is 37.8 Å². The Morgan fingerprint density at radius 1 is 0.898 bits per heavy atom. The number of carbonyl (C=O) groups is 3. The van der Waals surface area contributed by atoms with Crippen molar-refractivity contribution >= 4 is 34.3 Å². The number of alkyl halides is 3. The highest BCUT2D eigenvalue weighted by atomic mass is 19.4. The molecule has 0 bridgehead atoms. The second kappa shape index (κ2) is 15.0. The number of nitrogens with zero attached hydrogens (tertiary/aromatic N) is 2. The number of aromatic nitrogens is 1. The van der Waals surface area contributed by atoms with Crippen LogP contribution in [0.5, 0.6) is 11.5 Å². The molecule has 49 heavy (non-hydrogen) atoms. The monoisotopic (exact) mass is 673 g/mol. The van der Waals surface area contributed by atoms with Gasteiger partial charge in [0.15, 0.2) is 0 Å². The normalized spacial score (nSPS) is 12.0. The summed E-state index contributed by atoms with van der Waals surface area (Å²) in [5.41, 5.74) is 0.352. The summed E-state index contributed by atoms with van der Waals surface area (Å²) in [5, 5.41) is 24.8. The number of aliphatic carboxylic acids is 1. The molecular weight excluding hydrogens is 643 g/mol. The number of amides is 1. The highest BCUT2D eigenvalue weighted by Crippen LogP contribution is 2.35. The number of hydrogen-bond donors (Lipinski definition) is 3. The Morgan fingerprint density at radius 3 is 2.29 bits per heavy atom. The van der Waals surface area contributed by atoms with E-state index in [1.54, 1.807) is 60.9 Å². The molecule has 0 aliphatic heterocycles. The predicted octanol–water partition coefficient (Wildman–Crippen LogP) is 6.24. The summed E-state index contributed by atoms with van der Waals surface area (Å²) in [6.07, 6.45) is -3.28. The van der Waals surface area contributed by atoms with Crippen LogP contribution in [0.2, 0.25) is 0 Å². The average molecular weight is 674 g/mol. The number of carboxylic acids is 1. The molecule has 0 saturated heterocycles. The number of carboxylic acid groups (broad SMARTS) is 1. The van der Waals surface area contributed by atoms with E-state index in [0.29, 0.717) is 16.7 Å². The molecule has 0 aliphatic carbocycles. The standard InChI is InChI=1S/C36H30F3N3O7/c1-48-30-13-8-25(31(18-30)36(37,38)39)17-32(43)41-28-9-6-23(7-10-28)34(46)42(21-33(44)45)20-22-2-11-29(12-3-22)49-35(47)26-4-5-27-19-40-15-14-24(27)16-26/h2-16,18-19,34,46H,17,20-21H2,1H3,(H,41,43)(H,44,45). The number of esters is 1. The molecule has 1 aromatic heterocycles. The third-order valence-electron chi connectivity index (χ3n) is 7.55. The molecule has 0 fully saturated rings. The number of pyridine rings is 1. The van der Waals surface area contributed by atoms with Gasteiger partial charge in [0, 0.05) is 30.0 Å². The lowest BCUT2D eigenvalue weighted by atomic mass is 10.0. The Balaban J connectivity index is 1.21. The van der Waals surface area contributed by atoms with E-state index in [1.165, 1.54) is 48.4 Å². The fourth-order valence-corrected chi connectivity index (χ4v) is 5.10. The first-order valence-corrected chi connectivity index (χ1v) is 14.8. The van der Waals surface area contributed by atoms with Crippen LogP contribution in [0.25, 0.3) is 10.8 Å². The van der Waals surface area contributed by atoms with Crippen molar-refractivity contribution in [3.05, 3.63) is 131 Å². The summed E-state index contributed by atoms with van der Waals surface area (Å²) in [6.45, 7) is -0.500. The number of rotatable bonds is 12. The highest BCUT2D eigenvalue weighted by Gasteiger charge is 2.34. The number of fused-ring (bicyclic) bond motifs is 1. The summed E-state index contributed by atoms with van der Waals surface area (Å²) in [4.78, 5) is 42.3. The molecule has 0 radical (unpaired) electrons. The number of aliphatic hydroxyl groups is 1. The first-order chi connectivity index (χ1) is 23.4. The van der Waals surface area contributed by atoms with Gasteiger partial charge in [0.2, 0.25) is 5.91 Å². The quantitative estimate of drug-likeness (QED) is 0.0798. The van der Waals surface area contributed by atoms with Gasteiger partial charge in [-0.1, -0.05) is 36.4 Å². The van der Waals surface area contributed by atoms with Crippen LogP contribution in [0.15, 0.2) is 103 Å². The summed E-state index contributed by atoms with van der Waals surface area (Å²) in [5.74, 6) is -2.15.